The number of ether oxygens (including phenoxy) is 2. The zero-order valence-corrected chi connectivity index (χ0v) is 13.7. The second kappa shape index (κ2) is 7.35. The van der Waals surface area contributed by atoms with Crippen molar-refractivity contribution in [2.45, 2.75) is 20.3 Å². The van der Waals surface area contributed by atoms with Gasteiger partial charge in [-0.1, -0.05) is 13.8 Å². The number of carboxylic acids is 1. The van der Waals surface area contributed by atoms with Crippen LogP contribution in [0.4, 0.5) is 0 Å². The van der Waals surface area contributed by atoms with Crippen LogP contribution in [0.1, 0.15) is 30.6 Å². The topological polar surface area (TPSA) is 76.1 Å². The van der Waals surface area contributed by atoms with Crippen LogP contribution >= 0.6 is 0 Å². The third kappa shape index (κ3) is 4.15. The van der Waals surface area contributed by atoms with Crippen LogP contribution in [-0.4, -0.2) is 48.7 Å². The van der Waals surface area contributed by atoms with E-state index in [1.165, 1.54) is 0 Å². The highest BCUT2D eigenvalue weighted by atomic mass is 16.5. The van der Waals surface area contributed by atoms with Crippen LogP contribution in [0.3, 0.4) is 0 Å². The normalized spacial score (nSPS) is 17.4. The molecule has 0 radical (unpaired) electrons. The average molecular weight is 321 g/mol. The summed E-state index contributed by atoms with van der Waals surface area (Å²) in [5, 5.41) is 9.07. The fourth-order valence-corrected chi connectivity index (χ4v) is 2.50. The molecule has 1 aliphatic heterocycles. The first kappa shape index (κ1) is 17.1. The Morgan fingerprint density at radius 2 is 2.13 bits per heavy atom. The maximum atomic E-state index is 12.7. The zero-order chi connectivity index (χ0) is 17.0. The van der Waals surface area contributed by atoms with Gasteiger partial charge in [0.15, 0.2) is 0 Å². The van der Waals surface area contributed by atoms with E-state index in [9.17, 15) is 9.59 Å². The fourth-order valence-electron chi connectivity index (χ4n) is 2.50. The van der Waals surface area contributed by atoms with Crippen molar-refractivity contribution < 1.29 is 24.2 Å². The van der Waals surface area contributed by atoms with Gasteiger partial charge in [-0.15, -0.1) is 0 Å². The number of amides is 1. The van der Waals surface area contributed by atoms with Crippen LogP contribution in [0.2, 0.25) is 0 Å². The molecule has 0 aliphatic carbocycles. The molecule has 23 heavy (non-hydrogen) atoms. The minimum absolute atomic E-state index is 0.199. The molecule has 1 aliphatic rings. The number of methoxy groups -OCH3 is 1. The SMILES string of the molecule is COc1ccc(C(=O)N2CCC(C(=O)O)C2)c(OCC(C)C)c1. The first-order chi connectivity index (χ1) is 10.9. The van der Waals surface area contributed by atoms with Crippen LogP contribution in [0, 0.1) is 11.8 Å². The van der Waals surface area contributed by atoms with E-state index in [4.69, 9.17) is 14.6 Å². The highest BCUT2D eigenvalue weighted by Gasteiger charge is 2.32. The fraction of sp³-hybridized carbons (Fsp3) is 0.529. The Labute approximate surface area is 136 Å². The maximum Gasteiger partial charge on any atom is 0.308 e. The number of carbonyl (C=O) groups excluding carboxylic acids is 1. The maximum absolute atomic E-state index is 12.7. The van der Waals surface area contributed by atoms with Crippen molar-refractivity contribution in [1.82, 2.24) is 4.90 Å². The van der Waals surface area contributed by atoms with E-state index in [1.54, 1.807) is 30.2 Å². The predicted octanol–water partition coefficient (Wildman–Crippen LogP) is 2.28. The van der Waals surface area contributed by atoms with Crippen LogP contribution in [0.25, 0.3) is 0 Å². The van der Waals surface area contributed by atoms with Crippen molar-refractivity contribution in [2.75, 3.05) is 26.8 Å². The number of likely N-dealkylation sites (tertiary alicyclic amines) is 1. The van der Waals surface area contributed by atoms with Gasteiger partial charge in [0.2, 0.25) is 0 Å². The molecule has 0 saturated carbocycles. The van der Waals surface area contributed by atoms with Gasteiger partial charge in [-0.2, -0.15) is 0 Å². The quantitative estimate of drug-likeness (QED) is 0.870. The van der Waals surface area contributed by atoms with Crippen molar-refractivity contribution >= 4 is 11.9 Å². The Morgan fingerprint density at radius 3 is 2.70 bits per heavy atom. The van der Waals surface area contributed by atoms with Gasteiger partial charge < -0.3 is 19.5 Å². The van der Waals surface area contributed by atoms with Gasteiger partial charge in [-0.25, -0.2) is 0 Å². The van der Waals surface area contributed by atoms with E-state index in [1.807, 2.05) is 13.8 Å². The molecule has 1 aromatic carbocycles. The summed E-state index contributed by atoms with van der Waals surface area (Å²) in [6.45, 7) is 5.24. The van der Waals surface area contributed by atoms with Crippen molar-refractivity contribution in [1.29, 1.82) is 0 Å². The highest BCUT2D eigenvalue weighted by molar-refractivity contribution is 5.97. The molecule has 2 rings (SSSR count). The monoisotopic (exact) mass is 321 g/mol. The molecule has 126 valence electrons. The number of benzene rings is 1. The Hall–Kier alpha value is -2.24. The lowest BCUT2D eigenvalue weighted by atomic mass is 10.1. The first-order valence-electron chi connectivity index (χ1n) is 7.75. The second-order valence-corrected chi connectivity index (χ2v) is 6.14. The van der Waals surface area contributed by atoms with Crippen LogP contribution in [0.15, 0.2) is 18.2 Å². The summed E-state index contributed by atoms with van der Waals surface area (Å²) in [5.74, 6) is -0.127. The average Bonchev–Trinajstić information content (AvgIpc) is 3.02. The molecule has 1 fully saturated rings. The van der Waals surface area contributed by atoms with E-state index in [0.29, 0.717) is 42.6 Å². The second-order valence-electron chi connectivity index (χ2n) is 6.14. The summed E-state index contributed by atoms with van der Waals surface area (Å²) in [7, 11) is 1.56. The number of nitrogens with zero attached hydrogens (tertiary/aromatic N) is 1. The smallest absolute Gasteiger partial charge is 0.308 e. The molecule has 1 aromatic rings. The van der Waals surface area contributed by atoms with Gasteiger partial charge in [-0.3, -0.25) is 9.59 Å². The molecule has 0 bridgehead atoms. The lowest BCUT2D eigenvalue weighted by Gasteiger charge is -2.19. The number of carbonyl (C=O) groups is 2. The summed E-state index contributed by atoms with van der Waals surface area (Å²) in [6, 6.07) is 5.07. The molecular weight excluding hydrogens is 298 g/mol. The minimum Gasteiger partial charge on any atom is -0.497 e. The minimum atomic E-state index is -0.855. The zero-order valence-electron chi connectivity index (χ0n) is 13.7. The molecule has 1 unspecified atom stereocenters. The molecule has 0 aromatic heterocycles. The van der Waals surface area contributed by atoms with E-state index < -0.39 is 11.9 Å². The molecular formula is C17H23NO5. The largest absolute Gasteiger partial charge is 0.497 e. The van der Waals surface area contributed by atoms with Crippen molar-refractivity contribution in [3.8, 4) is 11.5 Å². The summed E-state index contributed by atoms with van der Waals surface area (Å²) < 4.78 is 10.9. The molecule has 0 spiro atoms. The van der Waals surface area contributed by atoms with Crippen LogP contribution < -0.4 is 9.47 Å². The third-order valence-corrected chi connectivity index (χ3v) is 3.82. The summed E-state index contributed by atoms with van der Waals surface area (Å²) in [6.07, 6.45) is 0.486. The molecule has 1 amide bonds. The van der Waals surface area contributed by atoms with Gasteiger partial charge >= 0.3 is 5.97 Å². The van der Waals surface area contributed by atoms with Crippen LogP contribution in [-0.2, 0) is 4.79 Å². The lowest BCUT2D eigenvalue weighted by Crippen LogP contribution is -2.30. The van der Waals surface area contributed by atoms with Crippen molar-refractivity contribution in [3.05, 3.63) is 23.8 Å². The lowest BCUT2D eigenvalue weighted by molar-refractivity contribution is -0.141. The van der Waals surface area contributed by atoms with E-state index in [-0.39, 0.29) is 12.5 Å². The van der Waals surface area contributed by atoms with Gasteiger partial charge in [-0.05, 0) is 24.5 Å². The van der Waals surface area contributed by atoms with Gasteiger partial charge in [0.25, 0.3) is 5.91 Å². The van der Waals surface area contributed by atoms with Crippen molar-refractivity contribution in [3.63, 3.8) is 0 Å². The standard InChI is InChI=1S/C17H23NO5/c1-11(2)10-23-15-8-13(22-3)4-5-14(15)16(19)18-7-6-12(9-18)17(20)21/h4-5,8,11-12H,6-7,9-10H2,1-3H3,(H,20,21). The summed E-state index contributed by atoms with van der Waals surface area (Å²) in [5.41, 5.74) is 0.442. The van der Waals surface area contributed by atoms with Gasteiger partial charge in [0.1, 0.15) is 11.5 Å². The molecule has 1 heterocycles. The number of rotatable bonds is 6. The number of aliphatic carboxylic acids is 1. The Morgan fingerprint density at radius 1 is 1.39 bits per heavy atom. The molecule has 6 nitrogen and oxygen atoms in total. The number of hydrogen-bond donors (Lipinski definition) is 1. The number of carboxylic acid groups (broad SMARTS) is 1. The first-order valence-corrected chi connectivity index (χ1v) is 7.75. The van der Waals surface area contributed by atoms with E-state index in [2.05, 4.69) is 0 Å². The van der Waals surface area contributed by atoms with E-state index >= 15 is 0 Å². The van der Waals surface area contributed by atoms with Gasteiger partial charge in [0, 0.05) is 19.2 Å². The molecule has 1 atom stereocenters. The Balaban J connectivity index is 2.20. The Bertz CT molecular complexity index is 584. The van der Waals surface area contributed by atoms with Crippen molar-refractivity contribution in [2.24, 2.45) is 11.8 Å². The van der Waals surface area contributed by atoms with Crippen LogP contribution in [0.5, 0.6) is 11.5 Å². The molecule has 1 saturated heterocycles. The summed E-state index contributed by atoms with van der Waals surface area (Å²) >= 11 is 0. The Kier molecular flexibility index (Phi) is 5.47. The molecule has 1 N–H and O–H groups in total. The third-order valence-electron chi connectivity index (χ3n) is 3.82. The number of hydrogen-bond acceptors (Lipinski definition) is 4. The molecule has 6 heteroatoms. The predicted molar refractivity (Wildman–Crippen MR) is 85.0 cm³/mol. The van der Waals surface area contributed by atoms with E-state index in [0.717, 1.165) is 0 Å². The summed E-state index contributed by atoms with van der Waals surface area (Å²) in [4.78, 5) is 25.3. The highest BCUT2D eigenvalue weighted by Crippen LogP contribution is 2.28. The van der Waals surface area contributed by atoms with Gasteiger partial charge in [0.05, 0.1) is 25.2 Å².